The highest BCUT2D eigenvalue weighted by Crippen LogP contribution is 2.14. The van der Waals surface area contributed by atoms with Gasteiger partial charge in [-0.25, -0.2) is 13.2 Å². The number of hydrogen-bond donors (Lipinski definition) is 3. The molecule has 1 rings (SSSR count). The number of hydrazine groups is 1. The lowest BCUT2D eigenvalue weighted by Crippen LogP contribution is -2.40. The summed E-state index contributed by atoms with van der Waals surface area (Å²) < 4.78 is 28.4. The molecule has 0 aliphatic heterocycles. The number of amides is 1. The summed E-state index contributed by atoms with van der Waals surface area (Å²) in [6.45, 7) is 0. The first kappa shape index (κ1) is 15.7. The van der Waals surface area contributed by atoms with E-state index in [1.807, 2.05) is 10.3 Å². The summed E-state index contributed by atoms with van der Waals surface area (Å²) in [5, 5.41) is 8.30. The van der Waals surface area contributed by atoms with E-state index < -0.39 is 21.9 Å². The molecule has 0 unspecified atom stereocenters. The maximum atomic E-state index is 11.8. The van der Waals surface area contributed by atoms with E-state index in [0.717, 1.165) is 0 Å². The molecule has 0 atom stereocenters. The molecule has 0 heterocycles. The zero-order valence-electron chi connectivity index (χ0n) is 10.4. The van der Waals surface area contributed by atoms with E-state index >= 15 is 0 Å². The molecule has 0 fully saturated rings. The van der Waals surface area contributed by atoms with Gasteiger partial charge in [0.05, 0.1) is 12.0 Å². The zero-order chi connectivity index (χ0) is 15.2. The Morgan fingerprint density at radius 3 is 2.30 bits per heavy atom. The van der Waals surface area contributed by atoms with Gasteiger partial charge in [-0.05, 0) is 24.3 Å². The van der Waals surface area contributed by atoms with Crippen LogP contribution in [0.25, 0.3) is 0 Å². The van der Waals surface area contributed by atoms with Gasteiger partial charge in [0.25, 0.3) is 15.9 Å². The van der Waals surface area contributed by atoms with E-state index in [1.165, 1.54) is 31.4 Å². The number of carboxylic acid groups (broad SMARTS) is 1. The number of benzene rings is 1. The Kier molecular flexibility index (Phi) is 5.23. The molecule has 20 heavy (non-hydrogen) atoms. The minimum absolute atomic E-state index is 0.0826. The Hall–Kier alpha value is -2.39. The number of sulfonamides is 1. The molecule has 0 aliphatic rings. The van der Waals surface area contributed by atoms with E-state index in [2.05, 4.69) is 0 Å². The fourth-order valence-electron chi connectivity index (χ4n) is 1.12. The number of carbonyl (C=O) groups excluding carboxylic acids is 1. The first-order valence-corrected chi connectivity index (χ1v) is 6.70. The summed E-state index contributed by atoms with van der Waals surface area (Å²) in [7, 11) is -2.50. The second kappa shape index (κ2) is 6.68. The zero-order valence-corrected chi connectivity index (χ0v) is 11.2. The van der Waals surface area contributed by atoms with Crippen LogP contribution in [0.15, 0.2) is 41.3 Å². The number of aliphatic carboxylic acids is 1. The number of rotatable bonds is 6. The van der Waals surface area contributed by atoms with Crippen LogP contribution in [0.5, 0.6) is 5.75 Å². The van der Waals surface area contributed by atoms with E-state index in [-0.39, 0.29) is 4.90 Å². The average molecular weight is 300 g/mol. The highest BCUT2D eigenvalue weighted by molar-refractivity contribution is 7.89. The first-order valence-electron chi connectivity index (χ1n) is 5.22. The number of hydrogen-bond acceptors (Lipinski definition) is 5. The molecule has 0 aromatic heterocycles. The van der Waals surface area contributed by atoms with Crippen LogP contribution in [0.4, 0.5) is 0 Å². The van der Waals surface area contributed by atoms with Gasteiger partial charge in [-0.3, -0.25) is 10.2 Å². The number of methoxy groups -OCH3 is 1. The second-order valence-corrected chi connectivity index (χ2v) is 5.12. The minimum atomic E-state index is -3.94. The molecule has 9 heteroatoms. The molecule has 108 valence electrons. The van der Waals surface area contributed by atoms with Crippen LogP contribution in [-0.2, 0) is 19.6 Å². The lowest BCUT2D eigenvalue weighted by Gasteiger charge is -2.07. The van der Waals surface area contributed by atoms with Gasteiger partial charge in [0, 0.05) is 12.2 Å². The van der Waals surface area contributed by atoms with Crippen molar-refractivity contribution in [2.45, 2.75) is 4.90 Å². The van der Waals surface area contributed by atoms with E-state index in [4.69, 9.17) is 9.84 Å². The van der Waals surface area contributed by atoms with Crippen molar-refractivity contribution in [2.24, 2.45) is 0 Å². The molecule has 1 aromatic carbocycles. The molecule has 1 amide bonds. The van der Waals surface area contributed by atoms with Crippen molar-refractivity contribution in [3.8, 4) is 5.75 Å². The van der Waals surface area contributed by atoms with Gasteiger partial charge in [0.2, 0.25) is 0 Å². The van der Waals surface area contributed by atoms with Crippen LogP contribution in [-0.4, -0.2) is 32.5 Å². The number of ether oxygens (including phenoxy) is 1. The van der Waals surface area contributed by atoms with Gasteiger partial charge in [0.1, 0.15) is 5.75 Å². The Bertz CT molecular complexity index is 621. The summed E-state index contributed by atoms with van der Waals surface area (Å²) in [4.78, 5) is 23.0. The van der Waals surface area contributed by atoms with Crippen molar-refractivity contribution in [2.75, 3.05) is 7.11 Å². The molecule has 0 saturated heterocycles. The van der Waals surface area contributed by atoms with Gasteiger partial charge in [0.15, 0.2) is 0 Å². The lowest BCUT2D eigenvalue weighted by atomic mass is 10.3. The largest absolute Gasteiger partial charge is 0.497 e. The normalized spacial score (nSPS) is 11.2. The van der Waals surface area contributed by atoms with Crippen LogP contribution in [0.2, 0.25) is 0 Å². The Labute approximate surface area is 115 Å². The van der Waals surface area contributed by atoms with Gasteiger partial charge >= 0.3 is 5.97 Å². The van der Waals surface area contributed by atoms with Crippen LogP contribution in [0.3, 0.4) is 0 Å². The summed E-state index contributed by atoms with van der Waals surface area (Å²) in [5.74, 6) is -1.75. The fourth-order valence-corrected chi connectivity index (χ4v) is 1.97. The third-order valence-electron chi connectivity index (χ3n) is 2.06. The third kappa shape index (κ3) is 4.71. The molecule has 0 saturated carbocycles. The summed E-state index contributed by atoms with van der Waals surface area (Å²) in [5.41, 5.74) is 1.85. The van der Waals surface area contributed by atoms with Crippen molar-refractivity contribution in [1.82, 2.24) is 10.3 Å². The van der Waals surface area contributed by atoms with Crippen molar-refractivity contribution in [3.63, 3.8) is 0 Å². The molecule has 0 bridgehead atoms. The average Bonchev–Trinajstić information content (AvgIpc) is 2.43. The molecular formula is C11H12N2O6S. The van der Waals surface area contributed by atoms with Crippen molar-refractivity contribution in [1.29, 1.82) is 0 Å². The van der Waals surface area contributed by atoms with Crippen LogP contribution in [0.1, 0.15) is 0 Å². The highest BCUT2D eigenvalue weighted by Gasteiger charge is 2.14. The number of nitrogens with one attached hydrogen (secondary N) is 2. The Morgan fingerprint density at radius 2 is 1.80 bits per heavy atom. The third-order valence-corrected chi connectivity index (χ3v) is 3.32. The van der Waals surface area contributed by atoms with Crippen LogP contribution in [0, 0.1) is 0 Å². The van der Waals surface area contributed by atoms with Crippen molar-refractivity contribution in [3.05, 3.63) is 36.4 Å². The van der Waals surface area contributed by atoms with E-state index in [0.29, 0.717) is 17.9 Å². The van der Waals surface area contributed by atoms with E-state index in [9.17, 15) is 18.0 Å². The maximum absolute atomic E-state index is 11.8. The molecule has 0 aliphatic carbocycles. The minimum Gasteiger partial charge on any atom is -0.497 e. The molecule has 0 radical (unpaired) electrons. The first-order chi connectivity index (χ1) is 9.35. The predicted octanol–water partition coefficient (Wildman–Crippen LogP) is -0.354. The monoisotopic (exact) mass is 300 g/mol. The summed E-state index contributed by atoms with van der Waals surface area (Å²) in [6.07, 6.45) is 1.26. The van der Waals surface area contributed by atoms with Gasteiger partial charge in [-0.2, -0.15) is 0 Å². The van der Waals surface area contributed by atoms with Gasteiger partial charge in [-0.15, -0.1) is 4.83 Å². The molecule has 0 spiro atoms. The molecule has 8 nitrogen and oxygen atoms in total. The highest BCUT2D eigenvalue weighted by atomic mass is 32.2. The maximum Gasteiger partial charge on any atom is 0.328 e. The van der Waals surface area contributed by atoms with Crippen LogP contribution < -0.4 is 15.0 Å². The molecular weight excluding hydrogens is 288 g/mol. The van der Waals surface area contributed by atoms with Crippen LogP contribution >= 0.6 is 0 Å². The number of carbonyl (C=O) groups is 2. The second-order valence-electron chi connectivity index (χ2n) is 3.44. The van der Waals surface area contributed by atoms with Crippen molar-refractivity contribution < 1.29 is 27.9 Å². The SMILES string of the molecule is COc1ccc(S(=O)(=O)NNC(=O)/C=C/C(=O)O)cc1. The number of carboxylic acids is 1. The topological polar surface area (TPSA) is 122 Å². The Balaban J connectivity index is 2.70. The molecule has 1 aromatic rings. The summed E-state index contributed by atoms with van der Waals surface area (Å²) >= 11 is 0. The quantitative estimate of drug-likeness (QED) is 0.487. The lowest BCUT2D eigenvalue weighted by molar-refractivity contribution is -0.131. The predicted molar refractivity (Wildman–Crippen MR) is 68.2 cm³/mol. The Morgan fingerprint density at radius 1 is 1.20 bits per heavy atom. The smallest absolute Gasteiger partial charge is 0.328 e. The van der Waals surface area contributed by atoms with E-state index in [1.54, 1.807) is 0 Å². The fraction of sp³-hybridized carbons (Fsp3) is 0.0909. The van der Waals surface area contributed by atoms with Gasteiger partial charge in [-0.1, -0.05) is 0 Å². The van der Waals surface area contributed by atoms with Crippen molar-refractivity contribution >= 4 is 21.9 Å². The molecule has 3 N–H and O–H groups in total. The summed E-state index contributed by atoms with van der Waals surface area (Å²) in [6, 6.07) is 5.47. The van der Waals surface area contributed by atoms with Gasteiger partial charge < -0.3 is 9.84 Å². The standard InChI is InChI=1S/C11H12N2O6S/c1-19-8-2-4-9(5-3-8)20(17,18)13-12-10(14)6-7-11(15)16/h2-7,13H,1H3,(H,12,14)(H,15,16)/b7-6+.